The van der Waals surface area contributed by atoms with Gasteiger partial charge in [-0.1, -0.05) is 19.3 Å². The van der Waals surface area contributed by atoms with E-state index < -0.39 is 20.8 Å². The van der Waals surface area contributed by atoms with Crippen LogP contribution in [0.3, 0.4) is 0 Å². The molecule has 104 valence electrons. The van der Waals surface area contributed by atoms with Gasteiger partial charge in [-0.2, -0.15) is 0 Å². The third-order valence-electron chi connectivity index (χ3n) is 3.40. The molecule has 0 aromatic carbocycles. The van der Waals surface area contributed by atoms with E-state index in [0.717, 1.165) is 23.7 Å². The molecule has 18 heavy (non-hydrogen) atoms. The molecule has 0 saturated heterocycles. The Morgan fingerprint density at radius 1 is 1.17 bits per heavy atom. The second kappa shape index (κ2) is 11.5. The minimum atomic E-state index is -0.826. The van der Waals surface area contributed by atoms with Gasteiger partial charge in [-0.25, -0.2) is 0 Å². The molecule has 1 aliphatic carbocycles. The van der Waals surface area contributed by atoms with Crippen LogP contribution in [0.25, 0.3) is 0 Å². The van der Waals surface area contributed by atoms with Crippen molar-refractivity contribution in [2.45, 2.75) is 52.9 Å². The molecule has 1 aliphatic rings. The van der Waals surface area contributed by atoms with E-state index in [-0.39, 0.29) is 0 Å². The quantitative estimate of drug-likeness (QED) is 0.533. The van der Waals surface area contributed by atoms with Crippen LogP contribution in [-0.4, -0.2) is 17.4 Å². The molecule has 0 unspecified atom stereocenters. The van der Waals surface area contributed by atoms with Gasteiger partial charge in [-0.05, 0) is 39.5 Å². The van der Waals surface area contributed by atoms with E-state index in [9.17, 15) is 5.11 Å². The number of aliphatic hydroxyl groups is 1. The number of aliphatic imine (C=N–C) groups is 1. The first kappa shape index (κ1) is 18.7. The van der Waals surface area contributed by atoms with Crippen LogP contribution in [0.1, 0.15) is 52.9 Å². The van der Waals surface area contributed by atoms with E-state index in [2.05, 4.69) is 4.99 Å². The Kier molecular flexibility index (Phi) is 11.9. The molecule has 0 bridgehead atoms. The van der Waals surface area contributed by atoms with Crippen molar-refractivity contribution in [3.05, 3.63) is 11.3 Å². The van der Waals surface area contributed by atoms with Gasteiger partial charge in [-0.3, -0.25) is 4.99 Å². The Labute approximate surface area is 130 Å². The van der Waals surface area contributed by atoms with Gasteiger partial charge < -0.3 is 5.11 Å². The first-order valence-corrected chi connectivity index (χ1v) is 12.7. The zero-order valence-corrected chi connectivity index (χ0v) is 15.4. The van der Waals surface area contributed by atoms with E-state index in [0.29, 0.717) is 5.76 Å². The van der Waals surface area contributed by atoms with Crippen LogP contribution in [0.2, 0.25) is 0 Å². The molecule has 0 atom stereocenters. The molecule has 1 saturated carbocycles. The first-order valence-electron chi connectivity index (χ1n) is 6.37. The van der Waals surface area contributed by atoms with Crippen LogP contribution in [-0.2, 0) is 20.8 Å². The van der Waals surface area contributed by atoms with Crippen molar-refractivity contribution in [1.29, 1.82) is 0 Å². The van der Waals surface area contributed by atoms with Gasteiger partial charge in [-0.15, -0.1) is 0 Å². The van der Waals surface area contributed by atoms with Gasteiger partial charge in [0.15, 0.2) is 0 Å². The van der Waals surface area contributed by atoms with Crippen molar-refractivity contribution in [3.8, 4) is 0 Å². The third-order valence-corrected chi connectivity index (χ3v) is 3.40. The summed E-state index contributed by atoms with van der Waals surface area (Å²) in [5.41, 5.74) is 1.91. The number of rotatable bonds is 3. The van der Waals surface area contributed by atoms with Crippen LogP contribution in [0.4, 0.5) is 0 Å². The number of halogens is 2. The zero-order chi connectivity index (χ0) is 14.0. The van der Waals surface area contributed by atoms with Crippen LogP contribution < -0.4 is 0 Å². The SMILES string of the molecule is CC(=NCC1CCCCC1)/C(C)=C(/C)O.[Cl][Zr][Cl]. The normalized spacial score (nSPS) is 18.6. The van der Waals surface area contributed by atoms with Crippen molar-refractivity contribution in [2.75, 3.05) is 6.54 Å². The number of hydrogen-bond acceptors (Lipinski definition) is 2. The molecular weight excluding hydrogens is 348 g/mol. The molecule has 5 heteroatoms. The molecule has 0 aromatic rings. The Hall–Kier alpha value is 0.673. The standard InChI is InChI=1S/C13H23NO.2ClH.Zr/c1-10(12(3)15)11(2)14-9-13-7-5-4-6-8-13;;;/h13,15H,4-9H2,1-3H3;2*1H;/q;;;+2/p-2/b12-10-,14-11?;;;. The van der Waals surface area contributed by atoms with Gasteiger partial charge in [0.25, 0.3) is 0 Å². The molecule has 1 N–H and O–H groups in total. The van der Waals surface area contributed by atoms with Crippen molar-refractivity contribution < 1.29 is 26.0 Å². The summed E-state index contributed by atoms with van der Waals surface area (Å²) in [6, 6.07) is 0. The van der Waals surface area contributed by atoms with Crippen LogP contribution in [0.15, 0.2) is 16.3 Å². The number of nitrogens with zero attached hydrogens (tertiary/aromatic N) is 1. The maximum atomic E-state index is 9.33. The Morgan fingerprint density at radius 2 is 1.67 bits per heavy atom. The molecular formula is C13H23Cl2NOZr. The molecule has 0 aromatic heterocycles. The van der Waals surface area contributed by atoms with Gasteiger partial charge in [0.2, 0.25) is 0 Å². The van der Waals surface area contributed by atoms with Gasteiger partial charge in [0.05, 0.1) is 5.76 Å². The van der Waals surface area contributed by atoms with Crippen LogP contribution in [0, 0.1) is 5.92 Å². The predicted octanol–water partition coefficient (Wildman–Crippen LogP) is 5.26. The number of allylic oxidation sites excluding steroid dienone is 2. The molecule has 2 nitrogen and oxygen atoms in total. The minimum absolute atomic E-state index is 0.389. The Balaban J connectivity index is 0.000000873. The fourth-order valence-corrected chi connectivity index (χ4v) is 2.02. The molecule has 0 radical (unpaired) electrons. The summed E-state index contributed by atoms with van der Waals surface area (Å²) in [5.74, 6) is 1.17. The third kappa shape index (κ3) is 8.72. The molecule has 0 amide bonds. The van der Waals surface area contributed by atoms with Gasteiger partial charge >= 0.3 is 37.9 Å². The van der Waals surface area contributed by atoms with E-state index in [1.807, 2.05) is 13.8 Å². The number of aliphatic hydroxyl groups excluding tert-OH is 1. The summed E-state index contributed by atoms with van der Waals surface area (Å²) in [7, 11) is 9.87. The molecule has 1 rings (SSSR count). The zero-order valence-electron chi connectivity index (χ0n) is 11.5. The van der Waals surface area contributed by atoms with Crippen molar-refractivity contribution in [1.82, 2.24) is 0 Å². The van der Waals surface area contributed by atoms with E-state index in [1.165, 1.54) is 32.1 Å². The summed E-state index contributed by atoms with van der Waals surface area (Å²) in [4.78, 5) is 4.57. The second-order valence-electron chi connectivity index (χ2n) is 4.71. The van der Waals surface area contributed by atoms with Crippen molar-refractivity contribution in [3.63, 3.8) is 0 Å². The average Bonchev–Trinajstić information content (AvgIpc) is 2.37. The molecule has 1 fully saturated rings. The summed E-state index contributed by atoms with van der Waals surface area (Å²) in [6.45, 7) is 6.57. The Morgan fingerprint density at radius 3 is 2.11 bits per heavy atom. The fourth-order valence-electron chi connectivity index (χ4n) is 2.02. The van der Waals surface area contributed by atoms with E-state index in [4.69, 9.17) is 17.0 Å². The van der Waals surface area contributed by atoms with Crippen LogP contribution in [0.5, 0.6) is 0 Å². The summed E-state index contributed by atoms with van der Waals surface area (Å²) in [6.07, 6.45) is 6.79. The monoisotopic (exact) mass is 369 g/mol. The summed E-state index contributed by atoms with van der Waals surface area (Å²) >= 11 is -0.826. The van der Waals surface area contributed by atoms with Gasteiger partial charge in [0, 0.05) is 17.8 Å². The Bertz CT molecular complexity index is 283. The van der Waals surface area contributed by atoms with Crippen LogP contribution >= 0.6 is 17.0 Å². The first-order chi connectivity index (χ1) is 8.52. The molecule has 0 heterocycles. The van der Waals surface area contributed by atoms with Crippen molar-refractivity contribution in [2.24, 2.45) is 10.9 Å². The maximum absolute atomic E-state index is 9.33. The van der Waals surface area contributed by atoms with E-state index in [1.54, 1.807) is 6.92 Å². The molecule has 0 spiro atoms. The fraction of sp³-hybridized carbons (Fsp3) is 0.769. The second-order valence-corrected chi connectivity index (χ2v) is 8.44. The average molecular weight is 371 g/mol. The topological polar surface area (TPSA) is 32.6 Å². The predicted molar refractivity (Wildman–Crippen MR) is 77.3 cm³/mol. The van der Waals surface area contributed by atoms with Gasteiger partial charge in [0.1, 0.15) is 0 Å². The molecule has 0 aliphatic heterocycles. The van der Waals surface area contributed by atoms with Crippen molar-refractivity contribution >= 4 is 22.7 Å². The summed E-state index contributed by atoms with van der Waals surface area (Å²) < 4.78 is 0. The summed E-state index contributed by atoms with van der Waals surface area (Å²) in [5, 5.41) is 9.33. The van der Waals surface area contributed by atoms with E-state index >= 15 is 0 Å². The number of hydrogen-bond donors (Lipinski definition) is 1.